The van der Waals surface area contributed by atoms with E-state index in [1.54, 1.807) is 4.68 Å². The fraction of sp³-hybridized carbons (Fsp3) is 0.526. The second kappa shape index (κ2) is 8.37. The Morgan fingerprint density at radius 2 is 1.96 bits per heavy atom. The fourth-order valence-corrected chi connectivity index (χ4v) is 3.95. The molecule has 1 aromatic carbocycles. The summed E-state index contributed by atoms with van der Waals surface area (Å²) in [7, 11) is 0. The highest BCUT2D eigenvalue weighted by atomic mass is 35.5. The average molecular weight is 391 g/mol. The highest BCUT2D eigenvalue weighted by molar-refractivity contribution is 5.93. The molecule has 1 amide bonds. The number of carbonyl (C=O) groups is 1. The van der Waals surface area contributed by atoms with Crippen LogP contribution in [0, 0.1) is 13.8 Å². The molecule has 0 aliphatic carbocycles. The normalized spacial score (nSPS) is 20.5. The first-order valence-electron chi connectivity index (χ1n) is 9.37. The van der Waals surface area contributed by atoms with Crippen LogP contribution in [0.25, 0.3) is 5.69 Å². The molecule has 1 atom stereocenters. The number of carbonyl (C=O) groups excluding carboxylic acids is 1. The van der Waals surface area contributed by atoms with Gasteiger partial charge in [0.15, 0.2) is 5.69 Å². The molecule has 27 heavy (non-hydrogen) atoms. The zero-order valence-electron chi connectivity index (χ0n) is 15.9. The van der Waals surface area contributed by atoms with E-state index in [1.165, 1.54) is 0 Å². The Balaban J connectivity index is 0.00000210. The van der Waals surface area contributed by atoms with Crippen molar-refractivity contribution in [2.45, 2.75) is 26.3 Å². The van der Waals surface area contributed by atoms with Crippen LogP contribution in [0.1, 0.15) is 28.2 Å². The molecule has 7 nitrogen and oxygen atoms in total. The largest absolute Gasteiger partial charge is 0.336 e. The summed E-state index contributed by atoms with van der Waals surface area (Å²) in [5.74, 6) is -0.000891. The Bertz CT molecular complexity index is 801. The van der Waals surface area contributed by atoms with Gasteiger partial charge in [-0.15, -0.1) is 17.5 Å². The molecule has 2 aliphatic rings. The summed E-state index contributed by atoms with van der Waals surface area (Å²) in [4.78, 5) is 17.4. The summed E-state index contributed by atoms with van der Waals surface area (Å²) < 4.78 is 1.75. The summed E-state index contributed by atoms with van der Waals surface area (Å²) >= 11 is 0. The number of aromatic nitrogens is 3. The monoisotopic (exact) mass is 390 g/mol. The summed E-state index contributed by atoms with van der Waals surface area (Å²) in [6.45, 7) is 9.74. The van der Waals surface area contributed by atoms with Crippen LogP contribution in [0.15, 0.2) is 24.3 Å². The van der Waals surface area contributed by atoms with Crippen molar-refractivity contribution in [3.05, 3.63) is 41.2 Å². The van der Waals surface area contributed by atoms with Gasteiger partial charge in [-0.2, -0.15) is 0 Å². The molecule has 1 N–H and O–H groups in total. The summed E-state index contributed by atoms with van der Waals surface area (Å²) in [5.41, 5.74) is 3.36. The molecular weight excluding hydrogens is 364 g/mol. The number of amides is 1. The predicted molar refractivity (Wildman–Crippen MR) is 107 cm³/mol. The Kier molecular flexibility index (Phi) is 6.14. The van der Waals surface area contributed by atoms with E-state index in [-0.39, 0.29) is 18.3 Å². The van der Waals surface area contributed by atoms with Gasteiger partial charge in [0, 0.05) is 45.3 Å². The maximum atomic E-state index is 13.0. The van der Waals surface area contributed by atoms with Crippen LogP contribution in [0.5, 0.6) is 0 Å². The number of nitrogens with one attached hydrogen (secondary N) is 1. The van der Waals surface area contributed by atoms with Gasteiger partial charge in [-0.3, -0.25) is 9.69 Å². The third kappa shape index (κ3) is 4.00. The number of rotatable bonds is 3. The molecular formula is C19H27ClN6O. The molecule has 3 heterocycles. The molecule has 2 saturated heterocycles. The van der Waals surface area contributed by atoms with Crippen LogP contribution in [0.2, 0.25) is 0 Å². The lowest BCUT2D eigenvalue weighted by molar-refractivity contribution is 0.0767. The van der Waals surface area contributed by atoms with Gasteiger partial charge in [0.25, 0.3) is 5.91 Å². The molecule has 0 radical (unpaired) electrons. The first-order valence-corrected chi connectivity index (χ1v) is 9.37. The summed E-state index contributed by atoms with van der Waals surface area (Å²) in [6.07, 6.45) is 1.04. The number of halogens is 1. The van der Waals surface area contributed by atoms with E-state index in [9.17, 15) is 4.79 Å². The molecule has 0 spiro atoms. The molecule has 0 saturated carbocycles. The third-order valence-electron chi connectivity index (χ3n) is 5.46. The van der Waals surface area contributed by atoms with E-state index in [1.807, 2.05) is 43.0 Å². The van der Waals surface area contributed by atoms with E-state index in [0.29, 0.717) is 11.7 Å². The molecule has 2 aliphatic heterocycles. The van der Waals surface area contributed by atoms with Crippen LogP contribution < -0.4 is 5.32 Å². The van der Waals surface area contributed by atoms with Gasteiger partial charge in [-0.25, -0.2) is 4.68 Å². The smallest absolute Gasteiger partial charge is 0.276 e. The number of hydrogen-bond acceptors (Lipinski definition) is 5. The fourth-order valence-electron chi connectivity index (χ4n) is 3.95. The average Bonchev–Trinajstić information content (AvgIpc) is 3.29. The van der Waals surface area contributed by atoms with Crippen molar-refractivity contribution in [3.8, 4) is 5.69 Å². The molecule has 4 rings (SSSR count). The second-order valence-corrected chi connectivity index (χ2v) is 7.25. The van der Waals surface area contributed by atoms with Crippen molar-refractivity contribution >= 4 is 18.3 Å². The number of nitrogens with zero attached hydrogens (tertiary/aromatic N) is 5. The summed E-state index contributed by atoms with van der Waals surface area (Å²) in [6, 6.07) is 8.53. The maximum absolute atomic E-state index is 13.0. The standard InChI is InChI=1S/C19H26N6O.ClH/c1-14-4-3-5-16(12-14)25-15(2)18(21-22-25)19(26)24-9-6-17(13-24)23-10-7-20-8-11-23;/h3-5,12,17,20H,6-11,13H2,1-2H3;1H. The van der Waals surface area contributed by atoms with Crippen molar-refractivity contribution in [3.63, 3.8) is 0 Å². The van der Waals surface area contributed by atoms with E-state index < -0.39 is 0 Å². The molecule has 1 unspecified atom stereocenters. The first kappa shape index (κ1) is 19.8. The van der Waals surface area contributed by atoms with Gasteiger partial charge >= 0.3 is 0 Å². The van der Waals surface area contributed by atoms with Crippen molar-refractivity contribution in [2.24, 2.45) is 0 Å². The van der Waals surface area contributed by atoms with Gasteiger partial charge in [0.05, 0.1) is 11.4 Å². The lowest BCUT2D eigenvalue weighted by atomic mass is 10.2. The van der Waals surface area contributed by atoms with Gasteiger partial charge in [-0.1, -0.05) is 17.3 Å². The zero-order valence-corrected chi connectivity index (χ0v) is 16.7. The Morgan fingerprint density at radius 3 is 2.70 bits per heavy atom. The van der Waals surface area contributed by atoms with E-state index in [2.05, 4.69) is 20.5 Å². The lowest BCUT2D eigenvalue weighted by Gasteiger charge is -2.32. The van der Waals surface area contributed by atoms with Crippen LogP contribution in [-0.2, 0) is 0 Å². The molecule has 2 fully saturated rings. The van der Waals surface area contributed by atoms with Crippen LogP contribution >= 0.6 is 12.4 Å². The molecule has 2 aromatic rings. The van der Waals surface area contributed by atoms with Crippen LogP contribution in [-0.4, -0.2) is 76.0 Å². The van der Waals surface area contributed by atoms with Crippen molar-refractivity contribution < 1.29 is 4.79 Å². The number of aryl methyl sites for hydroxylation is 1. The quantitative estimate of drug-likeness (QED) is 0.858. The van der Waals surface area contributed by atoms with Gasteiger partial charge in [-0.05, 0) is 38.0 Å². The van der Waals surface area contributed by atoms with Crippen molar-refractivity contribution in [1.29, 1.82) is 0 Å². The van der Waals surface area contributed by atoms with Crippen LogP contribution in [0.3, 0.4) is 0 Å². The zero-order chi connectivity index (χ0) is 18.1. The van der Waals surface area contributed by atoms with Crippen molar-refractivity contribution in [2.75, 3.05) is 39.3 Å². The minimum atomic E-state index is -0.000891. The lowest BCUT2D eigenvalue weighted by Crippen LogP contribution is -2.49. The second-order valence-electron chi connectivity index (χ2n) is 7.25. The first-order chi connectivity index (χ1) is 12.6. The molecule has 1 aromatic heterocycles. The Morgan fingerprint density at radius 1 is 1.19 bits per heavy atom. The van der Waals surface area contributed by atoms with E-state index >= 15 is 0 Å². The van der Waals surface area contributed by atoms with Crippen LogP contribution in [0.4, 0.5) is 0 Å². The third-order valence-corrected chi connectivity index (χ3v) is 5.46. The minimum absolute atomic E-state index is 0. The molecule has 8 heteroatoms. The summed E-state index contributed by atoms with van der Waals surface area (Å²) in [5, 5.41) is 11.8. The van der Waals surface area contributed by atoms with E-state index in [4.69, 9.17) is 0 Å². The maximum Gasteiger partial charge on any atom is 0.276 e. The molecule has 0 bridgehead atoms. The minimum Gasteiger partial charge on any atom is -0.336 e. The van der Waals surface area contributed by atoms with Crippen molar-refractivity contribution in [1.82, 2.24) is 30.1 Å². The van der Waals surface area contributed by atoms with Gasteiger partial charge < -0.3 is 10.2 Å². The Labute approximate surface area is 166 Å². The highest BCUT2D eigenvalue weighted by Crippen LogP contribution is 2.20. The van der Waals surface area contributed by atoms with Gasteiger partial charge in [0.2, 0.25) is 0 Å². The number of piperazine rings is 1. The van der Waals surface area contributed by atoms with E-state index in [0.717, 1.165) is 62.6 Å². The topological polar surface area (TPSA) is 66.3 Å². The SMILES string of the molecule is Cc1cccc(-n2nnc(C(=O)N3CCC(N4CCNCC4)C3)c2C)c1.Cl. The van der Waals surface area contributed by atoms with Gasteiger partial charge in [0.1, 0.15) is 0 Å². The number of hydrogen-bond donors (Lipinski definition) is 1. The highest BCUT2D eigenvalue weighted by Gasteiger charge is 2.33. The Hall–Kier alpha value is -1.96. The number of benzene rings is 1. The molecule has 146 valence electrons. The number of likely N-dealkylation sites (tertiary alicyclic amines) is 1. The predicted octanol–water partition coefficient (Wildman–Crippen LogP) is 1.43.